The zero-order valence-corrected chi connectivity index (χ0v) is 12.2. The highest BCUT2D eigenvalue weighted by Crippen LogP contribution is 2.40. The van der Waals surface area contributed by atoms with Crippen LogP contribution in [0.25, 0.3) is 0 Å². The minimum absolute atomic E-state index is 0.420. The monoisotopic (exact) mass is 268 g/mol. The van der Waals surface area contributed by atoms with Gasteiger partial charge in [0, 0.05) is 18.4 Å². The van der Waals surface area contributed by atoms with Crippen molar-refractivity contribution >= 4 is 16.9 Å². The summed E-state index contributed by atoms with van der Waals surface area (Å²) in [6, 6.07) is 1.04. The number of ether oxygens (including phenoxy) is 1. The average molecular weight is 268 g/mol. The number of amidine groups is 1. The van der Waals surface area contributed by atoms with E-state index in [0.717, 1.165) is 24.9 Å². The summed E-state index contributed by atoms with van der Waals surface area (Å²) in [6.45, 7) is 5.48. The molecule has 0 radical (unpaired) electrons. The molecule has 3 aliphatic rings. The minimum Gasteiger partial charge on any atom is -0.376 e. The lowest BCUT2D eigenvalue weighted by Crippen LogP contribution is -2.30. The molecule has 4 heteroatoms. The van der Waals surface area contributed by atoms with Crippen LogP contribution in [-0.2, 0) is 4.74 Å². The van der Waals surface area contributed by atoms with E-state index < -0.39 is 0 Å². The zero-order valence-electron chi connectivity index (χ0n) is 11.4. The summed E-state index contributed by atoms with van der Waals surface area (Å²) in [5, 5.41) is 4.75. The summed E-state index contributed by atoms with van der Waals surface area (Å²) >= 11 is 1.90. The van der Waals surface area contributed by atoms with E-state index in [-0.39, 0.29) is 0 Å². The SMILES string of the molecule is CC(C)CC1CSC(=NC2CCOC2C2CC2)N1. The maximum atomic E-state index is 5.85. The van der Waals surface area contributed by atoms with Crippen molar-refractivity contribution in [2.24, 2.45) is 16.8 Å². The molecule has 0 aromatic rings. The first-order chi connectivity index (χ1) is 8.72. The second-order valence-corrected chi connectivity index (χ2v) is 7.25. The van der Waals surface area contributed by atoms with Gasteiger partial charge in [0.25, 0.3) is 0 Å². The molecule has 3 fully saturated rings. The molecule has 18 heavy (non-hydrogen) atoms. The normalized spacial score (nSPS) is 38.6. The van der Waals surface area contributed by atoms with Gasteiger partial charge in [-0.2, -0.15) is 0 Å². The first-order valence-corrected chi connectivity index (χ1v) is 8.29. The van der Waals surface area contributed by atoms with Crippen LogP contribution >= 0.6 is 11.8 Å². The van der Waals surface area contributed by atoms with Crippen molar-refractivity contribution in [3.05, 3.63) is 0 Å². The third-order valence-electron chi connectivity index (χ3n) is 3.98. The number of thioether (sulfide) groups is 1. The van der Waals surface area contributed by atoms with Crippen LogP contribution in [0.15, 0.2) is 4.99 Å². The Balaban J connectivity index is 1.56. The van der Waals surface area contributed by atoms with Gasteiger partial charge in [0.15, 0.2) is 5.17 Å². The molecule has 2 aliphatic heterocycles. The van der Waals surface area contributed by atoms with Crippen LogP contribution in [0.1, 0.15) is 39.5 Å². The van der Waals surface area contributed by atoms with Crippen molar-refractivity contribution < 1.29 is 4.74 Å². The van der Waals surface area contributed by atoms with Gasteiger partial charge in [-0.15, -0.1) is 0 Å². The lowest BCUT2D eigenvalue weighted by Gasteiger charge is -2.15. The number of aliphatic imine (C=N–C) groups is 1. The van der Waals surface area contributed by atoms with Crippen LogP contribution in [0.2, 0.25) is 0 Å². The van der Waals surface area contributed by atoms with Gasteiger partial charge < -0.3 is 10.1 Å². The van der Waals surface area contributed by atoms with Crippen LogP contribution in [0.5, 0.6) is 0 Å². The van der Waals surface area contributed by atoms with Crippen molar-refractivity contribution in [3.8, 4) is 0 Å². The summed E-state index contributed by atoms with van der Waals surface area (Å²) in [5.41, 5.74) is 0. The number of rotatable bonds is 4. The van der Waals surface area contributed by atoms with Gasteiger partial charge in [-0.25, -0.2) is 0 Å². The first-order valence-electron chi connectivity index (χ1n) is 7.31. The van der Waals surface area contributed by atoms with Crippen LogP contribution in [-0.4, -0.2) is 35.7 Å². The van der Waals surface area contributed by atoms with Crippen molar-refractivity contribution in [2.75, 3.05) is 12.4 Å². The molecule has 1 aliphatic carbocycles. The Labute approximate surface area is 114 Å². The number of nitrogens with zero attached hydrogens (tertiary/aromatic N) is 1. The molecule has 0 bridgehead atoms. The van der Waals surface area contributed by atoms with Gasteiger partial charge in [-0.1, -0.05) is 25.6 Å². The van der Waals surface area contributed by atoms with Gasteiger partial charge in [-0.3, -0.25) is 4.99 Å². The van der Waals surface area contributed by atoms with Gasteiger partial charge in [-0.05, 0) is 37.5 Å². The molecule has 2 heterocycles. The highest BCUT2D eigenvalue weighted by Gasteiger charge is 2.41. The molecule has 3 atom stereocenters. The predicted molar refractivity (Wildman–Crippen MR) is 77.1 cm³/mol. The highest BCUT2D eigenvalue weighted by molar-refractivity contribution is 8.14. The predicted octanol–water partition coefficient (Wildman–Crippen LogP) is 2.66. The van der Waals surface area contributed by atoms with Crippen LogP contribution in [0.4, 0.5) is 0 Å². The average Bonchev–Trinajstić information content (AvgIpc) is 2.91. The van der Waals surface area contributed by atoms with E-state index in [0.29, 0.717) is 18.2 Å². The molecule has 0 spiro atoms. The largest absolute Gasteiger partial charge is 0.376 e. The molecule has 0 amide bonds. The van der Waals surface area contributed by atoms with Gasteiger partial charge in [0.1, 0.15) is 0 Å². The smallest absolute Gasteiger partial charge is 0.157 e. The molecule has 1 saturated carbocycles. The third-order valence-corrected chi connectivity index (χ3v) is 5.04. The second-order valence-electron chi connectivity index (χ2n) is 6.24. The van der Waals surface area contributed by atoms with Gasteiger partial charge in [0.2, 0.25) is 0 Å². The first kappa shape index (κ1) is 12.8. The summed E-state index contributed by atoms with van der Waals surface area (Å²) in [4.78, 5) is 4.92. The molecular weight excluding hydrogens is 244 g/mol. The molecule has 3 unspecified atom stereocenters. The minimum atomic E-state index is 0.420. The number of nitrogens with one attached hydrogen (secondary N) is 1. The Kier molecular flexibility index (Phi) is 3.85. The van der Waals surface area contributed by atoms with E-state index in [1.165, 1.54) is 30.2 Å². The van der Waals surface area contributed by atoms with Crippen molar-refractivity contribution in [1.82, 2.24) is 5.32 Å². The Hall–Kier alpha value is -0.220. The molecule has 3 rings (SSSR count). The van der Waals surface area contributed by atoms with E-state index in [9.17, 15) is 0 Å². The third kappa shape index (κ3) is 3.02. The van der Waals surface area contributed by atoms with E-state index in [2.05, 4.69) is 19.2 Å². The van der Waals surface area contributed by atoms with E-state index in [4.69, 9.17) is 9.73 Å². The summed E-state index contributed by atoms with van der Waals surface area (Å²) in [7, 11) is 0. The molecule has 2 saturated heterocycles. The molecule has 0 aromatic carbocycles. The van der Waals surface area contributed by atoms with Crippen LogP contribution in [0, 0.1) is 11.8 Å². The standard InChI is InChI=1S/C14H24N2OS/c1-9(2)7-11-8-18-14(15-11)16-12-5-6-17-13(12)10-3-4-10/h9-13H,3-8H2,1-2H3,(H,15,16). The topological polar surface area (TPSA) is 33.6 Å². The lowest BCUT2D eigenvalue weighted by molar-refractivity contribution is 0.0875. The molecule has 102 valence electrons. The maximum Gasteiger partial charge on any atom is 0.157 e. The summed E-state index contributed by atoms with van der Waals surface area (Å²) < 4.78 is 5.85. The van der Waals surface area contributed by atoms with Crippen molar-refractivity contribution in [3.63, 3.8) is 0 Å². The Bertz CT molecular complexity index is 328. The van der Waals surface area contributed by atoms with Crippen LogP contribution < -0.4 is 5.32 Å². The fourth-order valence-electron chi connectivity index (χ4n) is 2.97. The molecule has 1 N–H and O–H groups in total. The highest BCUT2D eigenvalue weighted by atomic mass is 32.2. The van der Waals surface area contributed by atoms with Crippen molar-refractivity contribution in [1.29, 1.82) is 0 Å². The van der Waals surface area contributed by atoms with Crippen LogP contribution in [0.3, 0.4) is 0 Å². The fraction of sp³-hybridized carbons (Fsp3) is 0.929. The van der Waals surface area contributed by atoms with E-state index in [1.807, 2.05) is 11.8 Å². The Morgan fingerprint density at radius 2 is 2.22 bits per heavy atom. The fourth-order valence-corrected chi connectivity index (χ4v) is 4.01. The lowest BCUT2D eigenvalue weighted by atomic mass is 10.1. The Morgan fingerprint density at radius 3 is 2.94 bits per heavy atom. The molecule has 0 aromatic heterocycles. The summed E-state index contributed by atoms with van der Waals surface area (Å²) in [5.74, 6) is 2.75. The quantitative estimate of drug-likeness (QED) is 0.851. The zero-order chi connectivity index (χ0) is 12.5. The summed E-state index contributed by atoms with van der Waals surface area (Å²) in [6.07, 6.45) is 5.48. The molecule has 3 nitrogen and oxygen atoms in total. The maximum absolute atomic E-state index is 5.85. The number of hydrogen-bond acceptors (Lipinski definition) is 3. The van der Waals surface area contributed by atoms with Gasteiger partial charge in [0.05, 0.1) is 12.1 Å². The Morgan fingerprint density at radius 1 is 1.39 bits per heavy atom. The molecular formula is C14H24N2OS. The van der Waals surface area contributed by atoms with Crippen molar-refractivity contribution in [2.45, 2.75) is 57.7 Å². The van der Waals surface area contributed by atoms with Gasteiger partial charge >= 0.3 is 0 Å². The number of hydrogen-bond donors (Lipinski definition) is 1. The van der Waals surface area contributed by atoms with E-state index in [1.54, 1.807) is 0 Å². The van der Waals surface area contributed by atoms with E-state index >= 15 is 0 Å². The second kappa shape index (κ2) is 5.41.